The summed E-state index contributed by atoms with van der Waals surface area (Å²) in [5.74, 6) is -0.225. The van der Waals surface area contributed by atoms with Crippen LogP contribution in [0.5, 0.6) is 0 Å². The standard InChI is InChI=1S/C27H24ClN5O4/c1-13-10-16(15(3)29-19-8-9-22(28)31-23(19)27(35)36-5)26-17(11-13)24(34)14(2)25(37-26)20-7-6-18-21(30-20)12-33(4)32-18/h6-12,15,29H,1-5H3. The number of halogens is 1. The van der Waals surface area contributed by atoms with Crippen molar-refractivity contribution in [3.63, 3.8) is 0 Å². The van der Waals surface area contributed by atoms with E-state index in [-0.39, 0.29) is 22.3 Å². The normalized spacial score (nSPS) is 12.2. The molecule has 37 heavy (non-hydrogen) atoms. The van der Waals surface area contributed by atoms with Gasteiger partial charge in [0.15, 0.2) is 16.9 Å². The van der Waals surface area contributed by atoms with Gasteiger partial charge in [-0.3, -0.25) is 9.48 Å². The van der Waals surface area contributed by atoms with E-state index in [1.165, 1.54) is 7.11 Å². The van der Waals surface area contributed by atoms with Crippen molar-refractivity contribution in [1.82, 2.24) is 19.7 Å². The number of carbonyl (C=O) groups is 1. The first-order valence-corrected chi connectivity index (χ1v) is 11.9. The number of anilines is 1. The summed E-state index contributed by atoms with van der Waals surface area (Å²) in [5.41, 5.74) is 4.90. The summed E-state index contributed by atoms with van der Waals surface area (Å²) < 4.78 is 13.0. The second-order valence-electron chi connectivity index (χ2n) is 8.91. The molecule has 0 saturated heterocycles. The van der Waals surface area contributed by atoms with Gasteiger partial charge in [0.05, 0.1) is 30.4 Å². The van der Waals surface area contributed by atoms with Crippen LogP contribution >= 0.6 is 11.6 Å². The van der Waals surface area contributed by atoms with Crippen LogP contribution in [0.3, 0.4) is 0 Å². The number of nitrogens with zero attached hydrogens (tertiary/aromatic N) is 4. The van der Waals surface area contributed by atoms with E-state index in [1.807, 2.05) is 45.3 Å². The molecule has 0 fully saturated rings. The molecular weight excluding hydrogens is 494 g/mol. The third-order valence-electron chi connectivity index (χ3n) is 6.18. The fourth-order valence-corrected chi connectivity index (χ4v) is 4.55. The van der Waals surface area contributed by atoms with Crippen molar-refractivity contribution < 1.29 is 13.9 Å². The molecule has 0 aliphatic rings. The summed E-state index contributed by atoms with van der Waals surface area (Å²) in [4.78, 5) is 34.6. The number of esters is 1. The first kappa shape index (κ1) is 24.5. The number of carbonyl (C=O) groups excluding carboxylic acids is 1. The van der Waals surface area contributed by atoms with E-state index in [9.17, 15) is 9.59 Å². The van der Waals surface area contributed by atoms with E-state index in [0.29, 0.717) is 39.2 Å². The highest BCUT2D eigenvalue weighted by atomic mass is 35.5. The zero-order valence-corrected chi connectivity index (χ0v) is 21.7. The second kappa shape index (κ2) is 9.33. The van der Waals surface area contributed by atoms with E-state index in [1.54, 1.807) is 29.8 Å². The van der Waals surface area contributed by atoms with Crippen molar-refractivity contribution in [1.29, 1.82) is 0 Å². The Hall–Kier alpha value is -4.24. The quantitative estimate of drug-likeness (QED) is 0.245. The predicted molar refractivity (Wildman–Crippen MR) is 142 cm³/mol. The Bertz CT molecular complexity index is 1760. The van der Waals surface area contributed by atoms with E-state index in [0.717, 1.165) is 16.6 Å². The molecule has 0 amide bonds. The molecule has 5 aromatic rings. The van der Waals surface area contributed by atoms with E-state index in [2.05, 4.69) is 20.4 Å². The summed E-state index contributed by atoms with van der Waals surface area (Å²) in [6, 6.07) is 10.3. The SMILES string of the molecule is COC(=O)c1nc(Cl)ccc1NC(C)c1cc(C)cc2c(=O)c(C)c(-c3ccc4nn(C)cc4n3)oc12. The number of methoxy groups -OCH3 is 1. The average Bonchev–Trinajstić information content (AvgIpc) is 3.25. The molecule has 10 heteroatoms. The highest BCUT2D eigenvalue weighted by Gasteiger charge is 2.22. The number of aryl methyl sites for hydroxylation is 2. The molecule has 4 aromatic heterocycles. The van der Waals surface area contributed by atoms with Crippen LogP contribution in [-0.2, 0) is 11.8 Å². The maximum atomic E-state index is 13.5. The monoisotopic (exact) mass is 517 g/mol. The lowest BCUT2D eigenvalue weighted by Gasteiger charge is -2.20. The molecule has 1 aromatic carbocycles. The van der Waals surface area contributed by atoms with Gasteiger partial charge in [0.2, 0.25) is 0 Å². The third kappa shape index (κ3) is 4.42. The van der Waals surface area contributed by atoms with Gasteiger partial charge in [-0.15, -0.1) is 0 Å². The maximum absolute atomic E-state index is 13.5. The zero-order valence-electron chi connectivity index (χ0n) is 20.9. The summed E-state index contributed by atoms with van der Waals surface area (Å²) in [6.45, 7) is 5.56. The minimum atomic E-state index is -0.618. The molecule has 0 aliphatic heterocycles. The molecule has 0 saturated carbocycles. The van der Waals surface area contributed by atoms with Crippen molar-refractivity contribution in [3.8, 4) is 11.5 Å². The van der Waals surface area contributed by atoms with Gasteiger partial charge in [-0.25, -0.2) is 14.8 Å². The highest BCUT2D eigenvalue weighted by Crippen LogP contribution is 2.32. The fourth-order valence-electron chi connectivity index (χ4n) is 4.40. The van der Waals surface area contributed by atoms with Crippen molar-refractivity contribution in [3.05, 3.63) is 80.4 Å². The molecule has 0 radical (unpaired) electrons. The number of nitrogens with one attached hydrogen (secondary N) is 1. The van der Waals surface area contributed by atoms with E-state index in [4.69, 9.17) is 20.8 Å². The van der Waals surface area contributed by atoms with E-state index < -0.39 is 5.97 Å². The Morgan fingerprint density at radius 1 is 1.14 bits per heavy atom. The molecule has 188 valence electrons. The molecular formula is C27H24ClN5O4. The van der Waals surface area contributed by atoms with Crippen molar-refractivity contribution >= 4 is 45.3 Å². The van der Waals surface area contributed by atoms with Crippen molar-refractivity contribution in [2.75, 3.05) is 12.4 Å². The van der Waals surface area contributed by atoms with Gasteiger partial charge in [-0.1, -0.05) is 17.7 Å². The number of benzene rings is 1. The number of aromatic nitrogens is 4. The minimum absolute atomic E-state index is 0.0609. The van der Waals surface area contributed by atoms with E-state index >= 15 is 0 Å². The first-order valence-electron chi connectivity index (χ1n) is 11.6. The Balaban J connectivity index is 1.66. The Morgan fingerprint density at radius 2 is 1.92 bits per heavy atom. The lowest BCUT2D eigenvalue weighted by molar-refractivity contribution is 0.0595. The zero-order chi connectivity index (χ0) is 26.4. The van der Waals surface area contributed by atoms with Gasteiger partial charge >= 0.3 is 5.97 Å². The number of hydrogen-bond donors (Lipinski definition) is 1. The molecule has 1 atom stereocenters. The topological polar surface area (TPSA) is 112 Å². The van der Waals surface area contributed by atoms with Crippen LogP contribution in [0, 0.1) is 13.8 Å². The summed E-state index contributed by atoms with van der Waals surface area (Å²) >= 11 is 6.01. The number of fused-ring (bicyclic) bond motifs is 2. The van der Waals surface area contributed by atoms with Gasteiger partial charge < -0.3 is 14.5 Å². The minimum Gasteiger partial charge on any atom is -0.464 e. The molecule has 0 aliphatic carbocycles. The molecule has 4 heterocycles. The van der Waals surface area contributed by atoms with Gasteiger partial charge in [-0.05, 0) is 56.7 Å². The molecule has 1 unspecified atom stereocenters. The third-order valence-corrected chi connectivity index (χ3v) is 6.39. The summed E-state index contributed by atoms with van der Waals surface area (Å²) in [6.07, 6.45) is 1.81. The Morgan fingerprint density at radius 3 is 2.68 bits per heavy atom. The lowest BCUT2D eigenvalue weighted by Crippen LogP contribution is -2.15. The van der Waals surface area contributed by atoms with Crippen LogP contribution in [0.2, 0.25) is 5.15 Å². The lowest BCUT2D eigenvalue weighted by atomic mass is 9.99. The molecule has 1 N–H and O–H groups in total. The van der Waals surface area contributed by atoms with Crippen molar-refractivity contribution in [2.45, 2.75) is 26.8 Å². The molecule has 0 bridgehead atoms. The van der Waals surface area contributed by atoms with Gasteiger partial charge in [0, 0.05) is 18.2 Å². The smallest absolute Gasteiger partial charge is 0.358 e. The number of pyridine rings is 2. The Kier molecular flexibility index (Phi) is 6.16. The average molecular weight is 518 g/mol. The first-order chi connectivity index (χ1) is 17.7. The molecule has 0 spiro atoms. The van der Waals surface area contributed by atoms with Gasteiger partial charge in [0.25, 0.3) is 0 Å². The molecule has 9 nitrogen and oxygen atoms in total. The largest absolute Gasteiger partial charge is 0.464 e. The van der Waals surface area contributed by atoms with Crippen molar-refractivity contribution in [2.24, 2.45) is 7.05 Å². The summed E-state index contributed by atoms with van der Waals surface area (Å²) in [7, 11) is 3.11. The Labute approximate surface area is 217 Å². The fraction of sp³-hybridized carbons (Fsp3) is 0.222. The summed E-state index contributed by atoms with van der Waals surface area (Å²) in [5, 5.41) is 8.30. The predicted octanol–water partition coefficient (Wildman–Crippen LogP) is 5.37. The van der Waals surface area contributed by atoms with Crippen LogP contribution in [0.15, 0.2) is 51.8 Å². The van der Waals surface area contributed by atoms with Crippen LogP contribution in [-0.4, -0.2) is 32.8 Å². The van der Waals surface area contributed by atoms with Crippen LogP contribution < -0.4 is 10.7 Å². The van der Waals surface area contributed by atoms with Crippen LogP contribution in [0.1, 0.15) is 40.1 Å². The second-order valence-corrected chi connectivity index (χ2v) is 9.29. The van der Waals surface area contributed by atoms with Crippen LogP contribution in [0.25, 0.3) is 33.5 Å². The number of rotatable bonds is 5. The molecule has 5 rings (SSSR count). The van der Waals surface area contributed by atoms with Gasteiger partial charge in [0.1, 0.15) is 27.5 Å². The number of ether oxygens (including phenoxy) is 1. The maximum Gasteiger partial charge on any atom is 0.358 e. The van der Waals surface area contributed by atoms with Gasteiger partial charge in [-0.2, -0.15) is 5.10 Å². The highest BCUT2D eigenvalue weighted by molar-refractivity contribution is 6.29. The number of hydrogen-bond acceptors (Lipinski definition) is 8. The van der Waals surface area contributed by atoms with Crippen LogP contribution in [0.4, 0.5) is 5.69 Å².